The summed E-state index contributed by atoms with van der Waals surface area (Å²) < 4.78 is 14.0. The van der Waals surface area contributed by atoms with Crippen LogP contribution in [0.15, 0.2) is 18.2 Å². The van der Waals surface area contributed by atoms with Gasteiger partial charge in [-0.1, -0.05) is 20.8 Å². The van der Waals surface area contributed by atoms with Crippen LogP contribution in [0.4, 0.5) is 10.1 Å². The molecule has 3 N–H and O–H groups in total. The maximum Gasteiger partial charge on any atom is 0.251 e. The van der Waals surface area contributed by atoms with E-state index in [-0.39, 0.29) is 41.4 Å². The molecule has 0 aliphatic rings. The Bertz CT molecular complexity index is 539. The minimum Gasteiger partial charge on any atom is -0.351 e. The minimum absolute atomic E-state index is 0. The number of halogens is 2. The molecule has 0 radical (unpaired) electrons. The Morgan fingerprint density at radius 3 is 2.46 bits per heavy atom. The van der Waals surface area contributed by atoms with Crippen LogP contribution < -0.4 is 16.0 Å². The molecule has 1 aromatic carbocycles. The summed E-state index contributed by atoms with van der Waals surface area (Å²) in [6.45, 7) is 7.95. The fourth-order valence-electron chi connectivity index (χ4n) is 2.00. The van der Waals surface area contributed by atoms with Crippen molar-refractivity contribution < 1.29 is 14.0 Å². The highest BCUT2D eigenvalue weighted by molar-refractivity contribution is 5.96. The van der Waals surface area contributed by atoms with Gasteiger partial charge in [0.05, 0.1) is 5.69 Å². The molecule has 1 aromatic rings. The molecule has 0 spiro atoms. The quantitative estimate of drug-likeness (QED) is 0.594. The zero-order chi connectivity index (χ0) is 17.2. The van der Waals surface area contributed by atoms with Gasteiger partial charge < -0.3 is 16.0 Å². The highest BCUT2D eigenvalue weighted by atomic mass is 35.5. The number of benzene rings is 1. The summed E-state index contributed by atoms with van der Waals surface area (Å²) in [5.74, 6) is -0.983. The van der Waals surface area contributed by atoms with Gasteiger partial charge in [-0.3, -0.25) is 9.59 Å². The van der Waals surface area contributed by atoms with E-state index in [0.29, 0.717) is 19.5 Å². The zero-order valence-electron chi connectivity index (χ0n) is 14.4. The van der Waals surface area contributed by atoms with E-state index in [2.05, 4.69) is 22.9 Å². The van der Waals surface area contributed by atoms with Gasteiger partial charge in [-0.2, -0.15) is 0 Å². The predicted molar refractivity (Wildman–Crippen MR) is 97.2 cm³/mol. The normalized spacial score (nSPS) is 10.2. The summed E-state index contributed by atoms with van der Waals surface area (Å²) in [6.07, 6.45) is 1.36. The molecule has 0 unspecified atom stereocenters. The van der Waals surface area contributed by atoms with Crippen molar-refractivity contribution in [2.24, 2.45) is 5.92 Å². The molecule has 136 valence electrons. The lowest BCUT2D eigenvalue weighted by Gasteiger charge is -2.10. The van der Waals surface area contributed by atoms with Crippen molar-refractivity contribution in [3.8, 4) is 0 Å². The molecule has 1 rings (SSSR count). The number of hydrogen-bond acceptors (Lipinski definition) is 3. The van der Waals surface area contributed by atoms with Gasteiger partial charge >= 0.3 is 0 Å². The molecule has 24 heavy (non-hydrogen) atoms. The van der Waals surface area contributed by atoms with E-state index < -0.39 is 5.82 Å². The molecule has 0 aliphatic carbocycles. The monoisotopic (exact) mass is 359 g/mol. The van der Waals surface area contributed by atoms with Crippen molar-refractivity contribution in [1.82, 2.24) is 10.6 Å². The average molecular weight is 360 g/mol. The molecule has 7 heteroatoms. The van der Waals surface area contributed by atoms with Gasteiger partial charge in [0.25, 0.3) is 5.91 Å². The lowest BCUT2D eigenvalue weighted by Crippen LogP contribution is -2.32. The van der Waals surface area contributed by atoms with Crippen molar-refractivity contribution in [3.63, 3.8) is 0 Å². The van der Waals surface area contributed by atoms with Crippen molar-refractivity contribution in [2.45, 2.75) is 33.6 Å². The molecule has 0 bridgehead atoms. The molecule has 0 heterocycles. The summed E-state index contributed by atoms with van der Waals surface area (Å²) in [5, 5.41) is 8.40. The highest BCUT2D eigenvalue weighted by Crippen LogP contribution is 2.16. The molecule has 0 aliphatic heterocycles. The van der Waals surface area contributed by atoms with E-state index in [1.54, 1.807) is 0 Å². The van der Waals surface area contributed by atoms with Gasteiger partial charge in [-0.05, 0) is 37.1 Å². The van der Waals surface area contributed by atoms with Crippen LogP contribution in [0.3, 0.4) is 0 Å². The average Bonchev–Trinajstić information content (AvgIpc) is 2.48. The first-order chi connectivity index (χ1) is 10.9. The molecule has 0 saturated heterocycles. The minimum atomic E-state index is -0.612. The van der Waals surface area contributed by atoms with E-state index in [9.17, 15) is 14.0 Å². The topological polar surface area (TPSA) is 70.2 Å². The van der Waals surface area contributed by atoms with E-state index in [0.717, 1.165) is 19.0 Å². The van der Waals surface area contributed by atoms with Gasteiger partial charge in [0, 0.05) is 25.1 Å². The third-order valence-electron chi connectivity index (χ3n) is 3.11. The molecular formula is C17H27ClFN3O2. The second-order valence-electron chi connectivity index (χ2n) is 5.85. The Morgan fingerprint density at radius 1 is 1.17 bits per heavy atom. The zero-order valence-corrected chi connectivity index (χ0v) is 15.3. The van der Waals surface area contributed by atoms with Gasteiger partial charge in [-0.25, -0.2) is 4.39 Å². The number of hydrogen-bond donors (Lipinski definition) is 3. The fourth-order valence-corrected chi connectivity index (χ4v) is 2.00. The second-order valence-corrected chi connectivity index (χ2v) is 5.85. The van der Waals surface area contributed by atoms with Crippen LogP contribution in [-0.4, -0.2) is 31.4 Å². The van der Waals surface area contributed by atoms with Crippen LogP contribution >= 0.6 is 12.4 Å². The summed E-state index contributed by atoms with van der Waals surface area (Å²) in [7, 11) is 0. The van der Waals surface area contributed by atoms with Crippen LogP contribution in [-0.2, 0) is 4.79 Å². The predicted octanol–water partition coefficient (Wildman–Crippen LogP) is 2.96. The number of amides is 2. The van der Waals surface area contributed by atoms with Crippen molar-refractivity contribution in [2.75, 3.05) is 25.0 Å². The van der Waals surface area contributed by atoms with E-state index in [4.69, 9.17) is 0 Å². The Kier molecular flexibility index (Phi) is 11.0. The van der Waals surface area contributed by atoms with Gasteiger partial charge in [0.2, 0.25) is 5.91 Å². The Labute approximate surface area is 149 Å². The van der Waals surface area contributed by atoms with E-state index in [1.165, 1.54) is 12.1 Å². The van der Waals surface area contributed by atoms with E-state index in [1.807, 2.05) is 13.8 Å². The van der Waals surface area contributed by atoms with Gasteiger partial charge in [0.1, 0.15) is 5.82 Å². The van der Waals surface area contributed by atoms with Crippen molar-refractivity contribution >= 4 is 29.9 Å². The largest absolute Gasteiger partial charge is 0.351 e. The Hall–Kier alpha value is -1.66. The summed E-state index contributed by atoms with van der Waals surface area (Å²) in [5.41, 5.74) is 0.330. The lowest BCUT2D eigenvalue weighted by molar-refractivity contribution is -0.116. The number of rotatable bonds is 9. The molecule has 2 amide bonds. The van der Waals surface area contributed by atoms with Crippen LogP contribution in [0, 0.1) is 11.7 Å². The first-order valence-electron chi connectivity index (χ1n) is 8.02. The van der Waals surface area contributed by atoms with Crippen molar-refractivity contribution in [1.29, 1.82) is 0 Å². The molecular weight excluding hydrogens is 333 g/mol. The van der Waals surface area contributed by atoms with Gasteiger partial charge in [-0.15, -0.1) is 12.4 Å². The number of carbonyl (C=O) groups excluding carboxylic acids is 2. The molecule has 0 saturated carbocycles. The first-order valence-corrected chi connectivity index (χ1v) is 8.02. The fraction of sp³-hybridized carbons (Fsp3) is 0.529. The summed E-state index contributed by atoms with van der Waals surface area (Å²) in [4.78, 5) is 23.6. The highest BCUT2D eigenvalue weighted by Gasteiger charge is 2.12. The summed E-state index contributed by atoms with van der Waals surface area (Å²) in [6, 6.07) is 4.06. The lowest BCUT2D eigenvalue weighted by atomic mass is 10.1. The summed E-state index contributed by atoms with van der Waals surface area (Å²) >= 11 is 0. The van der Waals surface area contributed by atoms with Crippen LogP contribution in [0.1, 0.15) is 44.0 Å². The maximum atomic E-state index is 14.0. The SMILES string of the molecule is CCCNCCNC(=O)c1ccc(NC(=O)CC(C)C)c(F)c1.Cl. The molecule has 0 fully saturated rings. The maximum absolute atomic E-state index is 14.0. The number of carbonyl (C=O) groups is 2. The second kappa shape index (κ2) is 11.8. The Balaban J connectivity index is 0.00000529. The Morgan fingerprint density at radius 2 is 1.88 bits per heavy atom. The molecule has 0 aromatic heterocycles. The van der Waals surface area contributed by atoms with Crippen LogP contribution in [0.25, 0.3) is 0 Å². The number of anilines is 1. The number of nitrogens with one attached hydrogen (secondary N) is 3. The smallest absolute Gasteiger partial charge is 0.251 e. The first kappa shape index (κ1) is 22.3. The third-order valence-corrected chi connectivity index (χ3v) is 3.11. The van der Waals surface area contributed by atoms with Crippen LogP contribution in [0.5, 0.6) is 0 Å². The van der Waals surface area contributed by atoms with E-state index >= 15 is 0 Å². The van der Waals surface area contributed by atoms with Crippen LogP contribution in [0.2, 0.25) is 0 Å². The molecule has 5 nitrogen and oxygen atoms in total. The standard InChI is InChI=1S/C17H26FN3O2.ClH/c1-4-7-19-8-9-20-17(23)13-5-6-15(14(18)11-13)21-16(22)10-12(2)3;/h5-6,11-12,19H,4,7-10H2,1-3H3,(H,20,23)(H,21,22);1H. The van der Waals surface area contributed by atoms with Crippen molar-refractivity contribution in [3.05, 3.63) is 29.6 Å². The van der Waals surface area contributed by atoms with Gasteiger partial charge in [0.15, 0.2) is 0 Å². The third kappa shape index (κ3) is 8.26. The molecule has 0 atom stereocenters.